The second kappa shape index (κ2) is 10.3. The molecule has 2 heterocycles. The van der Waals surface area contributed by atoms with Crippen molar-refractivity contribution in [2.24, 2.45) is 0 Å². The van der Waals surface area contributed by atoms with E-state index in [-0.39, 0.29) is 12.3 Å². The Balaban J connectivity index is 1.61. The largest absolute Gasteiger partial charge is 0.495 e. The van der Waals surface area contributed by atoms with Crippen molar-refractivity contribution >= 4 is 40.4 Å². The van der Waals surface area contributed by atoms with Crippen LogP contribution in [0.25, 0.3) is 5.00 Å². The van der Waals surface area contributed by atoms with Crippen LogP contribution in [0.4, 0.5) is 10.5 Å². The summed E-state index contributed by atoms with van der Waals surface area (Å²) < 4.78 is 7.09. The standard InChI is InChI=1S/C25H24ClN5O3S/c1-14-15(2)35-24(22(14)23(32)17-9-11-18(26)12-10-17)31-16(3)29-30-21(31)13-27-25(33)28-19-7-5-6-8-20(19)34-4/h5-12H,13H2,1-4H3,(H2,27,28,33). The molecule has 10 heteroatoms. The molecule has 0 aliphatic rings. The summed E-state index contributed by atoms with van der Waals surface area (Å²) in [5.74, 6) is 1.55. The molecule has 0 aliphatic carbocycles. The lowest BCUT2D eigenvalue weighted by Crippen LogP contribution is -2.29. The number of ketones is 1. The number of nitrogens with one attached hydrogen (secondary N) is 2. The van der Waals surface area contributed by atoms with Gasteiger partial charge in [0, 0.05) is 15.5 Å². The number of ether oxygens (including phenoxy) is 1. The maximum atomic E-state index is 13.5. The van der Waals surface area contributed by atoms with Crippen LogP contribution in [-0.2, 0) is 6.54 Å². The number of anilines is 1. The number of rotatable bonds is 7. The van der Waals surface area contributed by atoms with E-state index < -0.39 is 6.03 Å². The van der Waals surface area contributed by atoms with Crippen LogP contribution < -0.4 is 15.4 Å². The normalized spacial score (nSPS) is 10.8. The first kappa shape index (κ1) is 24.4. The van der Waals surface area contributed by atoms with Gasteiger partial charge in [0.05, 0.1) is 24.9 Å². The summed E-state index contributed by atoms with van der Waals surface area (Å²) in [5, 5.41) is 15.3. The fourth-order valence-electron chi connectivity index (χ4n) is 3.64. The number of aryl methyl sites for hydroxylation is 2. The lowest BCUT2D eigenvalue weighted by atomic mass is 10.0. The van der Waals surface area contributed by atoms with Crippen molar-refractivity contribution in [3.05, 3.63) is 86.8 Å². The minimum atomic E-state index is -0.419. The van der Waals surface area contributed by atoms with Crippen molar-refractivity contribution in [1.82, 2.24) is 20.1 Å². The Kier molecular flexibility index (Phi) is 7.18. The van der Waals surface area contributed by atoms with Gasteiger partial charge >= 0.3 is 6.03 Å². The van der Waals surface area contributed by atoms with Gasteiger partial charge in [-0.15, -0.1) is 21.5 Å². The lowest BCUT2D eigenvalue weighted by Gasteiger charge is -2.12. The zero-order chi connectivity index (χ0) is 25.1. The highest BCUT2D eigenvalue weighted by Crippen LogP contribution is 2.34. The van der Waals surface area contributed by atoms with Crippen molar-refractivity contribution in [2.45, 2.75) is 27.3 Å². The van der Waals surface area contributed by atoms with Gasteiger partial charge in [-0.2, -0.15) is 0 Å². The predicted octanol–water partition coefficient (Wildman–Crippen LogP) is 5.47. The highest BCUT2D eigenvalue weighted by Gasteiger charge is 2.25. The molecule has 0 aliphatic heterocycles. The number of thiophene rings is 1. The maximum Gasteiger partial charge on any atom is 0.319 e. The topological polar surface area (TPSA) is 98.1 Å². The molecule has 35 heavy (non-hydrogen) atoms. The Morgan fingerprint density at radius 2 is 1.77 bits per heavy atom. The van der Waals surface area contributed by atoms with Crippen molar-refractivity contribution < 1.29 is 14.3 Å². The zero-order valence-electron chi connectivity index (χ0n) is 19.7. The number of nitrogens with zero attached hydrogens (tertiary/aromatic N) is 3. The fraction of sp³-hybridized carbons (Fsp3) is 0.200. The molecule has 0 bridgehead atoms. The number of halogens is 1. The van der Waals surface area contributed by atoms with E-state index in [2.05, 4.69) is 20.8 Å². The summed E-state index contributed by atoms with van der Waals surface area (Å²) in [6, 6.07) is 13.5. The Hall–Kier alpha value is -3.69. The van der Waals surface area contributed by atoms with Crippen LogP contribution in [0.2, 0.25) is 5.02 Å². The Labute approximate surface area is 211 Å². The average molecular weight is 510 g/mol. The Morgan fingerprint density at radius 3 is 2.49 bits per heavy atom. The summed E-state index contributed by atoms with van der Waals surface area (Å²) in [6.07, 6.45) is 0. The molecular weight excluding hydrogens is 486 g/mol. The molecule has 2 N–H and O–H groups in total. The van der Waals surface area contributed by atoms with E-state index in [0.717, 1.165) is 10.4 Å². The summed E-state index contributed by atoms with van der Waals surface area (Å²) in [6.45, 7) is 5.82. The molecular formula is C25H24ClN5O3S. The summed E-state index contributed by atoms with van der Waals surface area (Å²) in [5.41, 5.74) is 2.56. The first-order chi connectivity index (χ1) is 16.8. The molecule has 8 nitrogen and oxygen atoms in total. The first-order valence-electron chi connectivity index (χ1n) is 10.8. The van der Waals surface area contributed by atoms with Crippen LogP contribution in [0.15, 0.2) is 48.5 Å². The number of amides is 2. The van der Waals surface area contributed by atoms with Gasteiger partial charge in [0.25, 0.3) is 0 Å². The van der Waals surface area contributed by atoms with Gasteiger partial charge in [-0.1, -0.05) is 23.7 Å². The highest BCUT2D eigenvalue weighted by atomic mass is 35.5. The van der Waals surface area contributed by atoms with E-state index in [1.807, 2.05) is 31.4 Å². The number of benzene rings is 2. The number of hydrogen-bond donors (Lipinski definition) is 2. The van der Waals surface area contributed by atoms with E-state index >= 15 is 0 Å². The van der Waals surface area contributed by atoms with Crippen LogP contribution in [0, 0.1) is 20.8 Å². The Morgan fingerprint density at radius 1 is 1.06 bits per heavy atom. The van der Waals surface area contributed by atoms with E-state index in [0.29, 0.717) is 44.2 Å². The SMILES string of the molecule is COc1ccccc1NC(=O)NCc1nnc(C)n1-c1sc(C)c(C)c1C(=O)c1ccc(Cl)cc1. The number of carbonyl (C=O) groups is 2. The maximum absolute atomic E-state index is 13.5. The van der Waals surface area contributed by atoms with Crippen LogP contribution >= 0.6 is 22.9 Å². The van der Waals surface area contributed by atoms with Gasteiger partial charge in [-0.25, -0.2) is 4.79 Å². The van der Waals surface area contributed by atoms with Crippen molar-refractivity contribution in [3.8, 4) is 10.8 Å². The van der Waals surface area contributed by atoms with Gasteiger partial charge in [0.15, 0.2) is 11.6 Å². The summed E-state index contributed by atoms with van der Waals surface area (Å²) >= 11 is 7.49. The quantitative estimate of drug-likeness (QED) is 0.322. The summed E-state index contributed by atoms with van der Waals surface area (Å²) in [7, 11) is 1.54. The molecule has 4 rings (SSSR count). The molecule has 0 radical (unpaired) electrons. The second-order valence-corrected chi connectivity index (χ2v) is 9.45. The van der Waals surface area contributed by atoms with Crippen molar-refractivity contribution in [1.29, 1.82) is 0 Å². The molecule has 180 valence electrons. The van der Waals surface area contributed by atoms with E-state index in [4.69, 9.17) is 16.3 Å². The molecule has 2 aromatic carbocycles. The number of para-hydroxylation sites is 2. The van der Waals surface area contributed by atoms with Crippen molar-refractivity contribution in [2.75, 3.05) is 12.4 Å². The number of carbonyl (C=O) groups excluding carboxylic acids is 2. The molecule has 0 atom stereocenters. The zero-order valence-corrected chi connectivity index (χ0v) is 21.3. The van der Waals surface area contributed by atoms with Crippen molar-refractivity contribution in [3.63, 3.8) is 0 Å². The monoisotopic (exact) mass is 509 g/mol. The number of hydrogen-bond acceptors (Lipinski definition) is 6. The number of urea groups is 1. The van der Waals surface area contributed by atoms with Gasteiger partial charge in [-0.3, -0.25) is 9.36 Å². The molecule has 0 saturated carbocycles. The van der Waals surface area contributed by atoms with E-state index in [1.165, 1.54) is 18.4 Å². The van der Waals surface area contributed by atoms with Gasteiger partial charge in [-0.05, 0) is 62.7 Å². The first-order valence-corrected chi connectivity index (χ1v) is 12.0. The van der Waals surface area contributed by atoms with Crippen LogP contribution in [0.5, 0.6) is 5.75 Å². The fourth-order valence-corrected chi connectivity index (χ4v) is 4.99. The molecule has 0 fully saturated rings. The molecule has 4 aromatic rings. The van der Waals surface area contributed by atoms with Crippen LogP contribution in [-0.4, -0.2) is 33.7 Å². The lowest BCUT2D eigenvalue weighted by molar-refractivity contribution is 0.103. The van der Waals surface area contributed by atoms with Gasteiger partial charge < -0.3 is 15.4 Å². The third-order valence-electron chi connectivity index (χ3n) is 5.56. The predicted molar refractivity (Wildman–Crippen MR) is 137 cm³/mol. The number of methoxy groups -OCH3 is 1. The molecule has 0 unspecified atom stereocenters. The van der Waals surface area contributed by atoms with Gasteiger partial charge in [0.2, 0.25) is 0 Å². The van der Waals surface area contributed by atoms with E-state index in [1.54, 1.807) is 42.5 Å². The third kappa shape index (κ3) is 5.06. The highest BCUT2D eigenvalue weighted by molar-refractivity contribution is 7.15. The second-order valence-electron chi connectivity index (χ2n) is 7.81. The average Bonchev–Trinajstić information content (AvgIpc) is 3.36. The molecule has 2 aromatic heterocycles. The van der Waals surface area contributed by atoms with Crippen LogP contribution in [0.3, 0.4) is 0 Å². The van der Waals surface area contributed by atoms with Gasteiger partial charge in [0.1, 0.15) is 16.6 Å². The van der Waals surface area contributed by atoms with Crippen LogP contribution in [0.1, 0.15) is 38.0 Å². The summed E-state index contributed by atoms with van der Waals surface area (Å²) in [4.78, 5) is 27.0. The molecule has 0 spiro atoms. The minimum absolute atomic E-state index is 0.104. The number of aromatic nitrogens is 3. The smallest absolute Gasteiger partial charge is 0.319 e. The molecule has 2 amide bonds. The minimum Gasteiger partial charge on any atom is -0.495 e. The molecule has 0 saturated heterocycles. The third-order valence-corrected chi connectivity index (χ3v) is 7.00. The van der Waals surface area contributed by atoms with E-state index in [9.17, 15) is 9.59 Å². The Bertz CT molecular complexity index is 1390.